The lowest BCUT2D eigenvalue weighted by Gasteiger charge is -2.14. The van der Waals surface area contributed by atoms with Crippen LogP contribution in [0.1, 0.15) is 31.0 Å². The first-order valence-electron chi connectivity index (χ1n) is 4.88. The highest BCUT2D eigenvalue weighted by molar-refractivity contribution is 5.28. The number of pyridine rings is 1. The van der Waals surface area contributed by atoms with Crippen molar-refractivity contribution < 1.29 is 0 Å². The van der Waals surface area contributed by atoms with E-state index in [9.17, 15) is 0 Å². The molecule has 1 aromatic rings. The van der Waals surface area contributed by atoms with Crippen LogP contribution >= 0.6 is 0 Å². The predicted molar refractivity (Wildman–Crippen MR) is 60.2 cm³/mol. The molecular weight excluding hydrogens is 172 g/mol. The average molecular weight is 190 g/mol. The lowest BCUT2D eigenvalue weighted by molar-refractivity contribution is 0.702. The molecule has 1 rings (SSSR count). The van der Waals surface area contributed by atoms with Gasteiger partial charge in [0.1, 0.15) is 0 Å². The van der Waals surface area contributed by atoms with E-state index in [2.05, 4.69) is 37.1 Å². The second kappa shape index (κ2) is 4.91. The van der Waals surface area contributed by atoms with Crippen molar-refractivity contribution in [2.75, 3.05) is 7.05 Å². The number of nitrogens with zero attached hydrogens (tertiary/aromatic N) is 1. The maximum Gasteiger partial charge on any atom is 0.0524 e. The molecule has 0 spiro atoms. The largest absolute Gasteiger partial charge is 0.310 e. The maximum atomic E-state index is 4.15. The van der Waals surface area contributed by atoms with Crippen molar-refractivity contribution >= 4 is 0 Å². The third-order valence-electron chi connectivity index (χ3n) is 2.23. The molecule has 1 aromatic heterocycles. The Morgan fingerprint density at radius 3 is 2.71 bits per heavy atom. The Morgan fingerprint density at radius 2 is 2.21 bits per heavy atom. The molecule has 0 aliphatic rings. The SMILES string of the molecule is CNC(C=C(C)C)c1cnccc1C. The first kappa shape index (κ1) is 10.9. The van der Waals surface area contributed by atoms with E-state index in [0.717, 1.165) is 0 Å². The van der Waals surface area contributed by atoms with Crippen LogP contribution in [0.4, 0.5) is 0 Å². The fourth-order valence-electron chi connectivity index (χ4n) is 1.46. The molecule has 0 aromatic carbocycles. The van der Waals surface area contributed by atoms with Crippen LogP contribution in [0.5, 0.6) is 0 Å². The summed E-state index contributed by atoms with van der Waals surface area (Å²) in [5, 5.41) is 3.27. The highest BCUT2D eigenvalue weighted by Crippen LogP contribution is 2.18. The topological polar surface area (TPSA) is 24.9 Å². The van der Waals surface area contributed by atoms with Crippen molar-refractivity contribution in [3.8, 4) is 0 Å². The van der Waals surface area contributed by atoms with Gasteiger partial charge < -0.3 is 5.32 Å². The van der Waals surface area contributed by atoms with E-state index in [-0.39, 0.29) is 6.04 Å². The number of allylic oxidation sites excluding steroid dienone is 1. The summed E-state index contributed by atoms with van der Waals surface area (Å²) in [5.41, 5.74) is 3.83. The molecule has 1 N–H and O–H groups in total. The Bertz CT molecular complexity index is 325. The van der Waals surface area contributed by atoms with Crippen molar-refractivity contribution in [2.24, 2.45) is 0 Å². The van der Waals surface area contributed by atoms with Crippen molar-refractivity contribution in [1.82, 2.24) is 10.3 Å². The van der Waals surface area contributed by atoms with Gasteiger partial charge in [0, 0.05) is 12.4 Å². The molecule has 0 saturated carbocycles. The summed E-state index contributed by atoms with van der Waals surface area (Å²) in [6, 6.07) is 2.31. The minimum atomic E-state index is 0.272. The monoisotopic (exact) mass is 190 g/mol. The maximum absolute atomic E-state index is 4.15. The molecule has 0 fully saturated rings. The van der Waals surface area contributed by atoms with Crippen LogP contribution < -0.4 is 5.32 Å². The van der Waals surface area contributed by atoms with Crippen LogP contribution in [0.2, 0.25) is 0 Å². The van der Waals surface area contributed by atoms with Gasteiger partial charge in [0.05, 0.1) is 6.04 Å². The minimum absolute atomic E-state index is 0.272. The fourth-order valence-corrected chi connectivity index (χ4v) is 1.46. The molecule has 0 amide bonds. The minimum Gasteiger partial charge on any atom is -0.310 e. The van der Waals surface area contributed by atoms with Crippen LogP contribution in [-0.4, -0.2) is 12.0 Å². The first-order chi connectivity index (χ1) is 6.65. The molecule has 1 unspecified atom stereocenters. The lowest BCUT2D eigenvalue weighted by Crippen LogP contribution is -2.15. The van der Waals surface area contributed by atoms with Gasteiger partial charge in [-0.05, 0) is 45.0 Å². The number of hydrogen-bond acceptors (Lipinski definition) is 2. The van der Waals surface area contributed by atoms with E-state index in [1.807, 2.05) is 25.5 Å². The van der Waals surface area contributed by atoms with Crippen molar-refractivity contribution in [2.45, 2.75) is 26.8 Å². The quantitative estimate of drug-likeness (QED) is 0.741. The molecular formula is C12H18N2. The third kappa shape index (κ3) is 2.67. The molecule has 1 heterocycles. The molecule has 2 heteroatoms. The fraction of sp³-hybridized carbons (Fsp3) is 0.417. The van der Waals surface area contributed by atoms with E-state index < -0.39 is 0 Å². The number of rotatable bonds is 3. The Labute approximate surface area is 86.1 Å². The summed E-state index contributed by atoms with van der Waals surface area (Å²) >= 11 is 0. The molecule has 0 bridgehead atoms. The predicted octanol–water partition coefficient (Wildman–Crippen LogP) is 2.62. The van der Waals surface area contributed by atoms with Crippen molar-refractivity contribution in [3.05, 3.63) is 41.2 Å². The van der Waals surface area contributed by atoms with E-state index in [4.69, 9.17) is 0 Å². The molecule has 0 saturated heterocycles. The van der Waals surface area contributed by atoms with E-state index in [1.165, 1.54) is 16.7 Å². The van der Waals surface area contributed by atoms with Gasteiger partial charge in [-0.2, -0.15) is 0 Å². The van der Waals surface area contributed by atoms with E-state index in [0.29, 0.717) is 0 Å². The second-order valence-corrected chi connectivity index (χ2v) is 3.74. The summed E-state index contributed by atoms with van der Waals surface area (Å²) < 4.78 is 0. The van der Waals surface area contributed by atoms with Crippen LogP contribution in [0.3, 0.4) is 0 Å². The summed E-state index contributed by atoms with van der Waals surface area (Å²) in [4.78, 5) is 4.15. The number of aryl methyl sites for hydroxylation is 1. The molecule has 0 aliphatic carbocycles. The Balaban J connectivity index is 3.01. The number of likely N-dealkylation sites (N-methyl/N-ethyl adjacent to an activating group) is 1. The zero-order valence-corrected chi connectivity index (χ0v) is 9.33. The molecule has 0 radical (unpaired) electrons. The smallest absolute Gasteiger partial charge is 0.0524 e. The van der Waals surface area contributed by atoms with Crippen LogP contribution in [-0.2, 0) is 0 Å². The number of hydrogen-bond donors (Lipinski definition) is 1. The van der Waals surface area contributed by atoms with Crippen molar-refractivity contribution in [1.29, 1.82) is 0 Å². The first-order valence-corrected chi connectivity index (χ1v) is 4.88. The molecule has 1 atom stereocenters. The van der Waals surface area contributed by atoms with Crippen molar-refractivity contribution in [3.63, 3.8) is 0 Å². The van der Waals surface area contributed by atoms with Crippen LogP contribution in [0.15, 0.2) is 30.1 Å². The van der Waals surface area contributed by atoms with Crippen LogP contribution in [0, 0.1) is 6.92 Å². The average Bonchev–Trinajstić information content (AvgIpc) is 2.15. The van der Waals surface area contributed by atoms with Gasteiger partial charge in [0.25, 0.3) is 0 Å². The van der Waals surface area contributed by atoms with Gasteiger partial charge in [-0.1, -0.05) is 11.6 Å². The van der Waals surface area contributed by atoms with Gasteiger partial charge in [0.2, 0.25) is 0 Å². The summed E-state index contributed by atoms with van der Waals surface area (Å²) in [6.07, 6.45) is 5.97. The van der Waals surface area contributed by atoms with E-state index in [1.54, 1.807) is 0 Å². The lowest BCUT2D eigenvalue weighted by atomic mass is 10.0. The van der Waals surface area contributed by atoms with Gasteiger partial charge in [-0.15, -0.1) is 0 Å². The number of nitrogens with one attached hydrogen (secondary N) is 1. The summed E-state index contributed by atoms with van der Waals surface area (Å²) in [5.74, 6) is 0. The Hall–Kier alpha value is -1.15. The molecule has 0 aliphatic heterocycles. The van der Waals surface area contributed by atoms with Crippen LogP contribution in [0.25, 0.3) is 0 Å². The highest BCUT2D eigenvalue weighted by Gasteiger charge is 2.07. The Morgan fingerprint density at radius 1 is 1.50 bits per heavy atom. The normalized spacial score (nSPS) is 12.3. The summed E-state index contributed by atoms with van der Waals surface area (Å²) in [6.45, 7) is 6.33. The Kier molecular flexibility index (Phi) is 3.84. The number of aromatic nitrogens is 1. The molecule has 2 nitrogen and oxygen atoms in total. The zero-order valence-electron chi connectivity index (χ0n) is 9.33. The third-order valence-corrected chi connectivity index (χ3v) is 2.23. The van der Waals surface area contributed by atoms with Gasteiger partial charge in [-0.3, -0.25) is 4.98 Å². The standard InChI is InChI=1S/C12H18N2/c1-9(2)7-12(13-4)11-8-14-6-5-10(11)3/h5-8,12-13H,1-4H3. The molecule has 76 valence electrons. The zero-order chi connectivity index (χ0) is 10.6. The molecule has 14 heavy (non-hydrogen) atoms. The summed E-state index contributed by atoms with van der Waals surface area (Å²) in [7, 11) is 1.97. The highest BCUT2D eigenvalue weighted by atomic mass is 14.9. The second-order valence-electron chi connectivity index (χ2n) is 3.74. The van der Waals surface area contributed by atoms with E-state index >= 15 is 0 Å². The van der Waals surface area contributed by atoms with Gasteiger partial charge >= 0.3 is 0 Å². The van der Waals surface area contributed by atoms with Gasteiger partial charge in [0.15, 0.2) is 0 Å². The van der Waals surface area contributed by atoms with Gasteiger partial charge in [-0.25, -0.2) is 0 Å².